The van der Waals surface area contributed by atoms with E-state index < -0.39 is 0 Å². The topological polar surface area (TPSA) is 9.23 Å². The standard InChI is InChI=1S/C10H13FO.C2H6/c1-3-6-12-10-7-8(2)4-5-9(10)11;1-2/h4-5,7H,3,6H2,1-2H3;1-2H3. The molecule has 1 nitrogen and oxygen atoms in total. The van der Waals surface area contributed by atoms with Gasteiger partial charge in [-0.2, -0.15) is 0 Å². The second-order valence-electron chi connectivity index (χ2n) is 2.78. The first-order valence-corrected chi connectivity index (χ1v) is 5.13. The number of ether oxygens (including phenoxy) is 1. The highest BCUT2D eigenvalue weighted by molar-refractivity contribution is 5.29. The van der Waals surface area contributed by atoms with Gasteiger partial charge in [0.2, 0.25) is 0 Å². The van der Waals surface area contributed by atoms with Crippen molar-refractivity contribution in [3.8, 4) is 5.75 Å². The molecule has 0 aliphatic rings. The van der Waals surface area contributed by atoms with Crippen LogP contribution in [0.4, 0.5) is 4.39 Å². The Morgan fingerprint density at radius 1 is 1.29 bits per heavy atom. The number of rotatable bonds is 3. The Labute approximate surface area is 85.9 Å². The molecule has 0 N–H and O–H groups in total. The van der Waals surface area contributed by atoms with Crippen molar-refractivity contribution in [1.29, 1.82) is 0 Å². The summed E-state index contributed by atoms with van der Waals surface area (Å²) in [6, 6.07) is 4.87. The number of benzene rings is 1. The van der Waals surface area contributed by atoms with E-state index in [0.29, 0.717) is 12.4 Å². The molecule has 1 aromatic carbocycles. The van der Waals surface area contributed by atoms with Gasteiger partial charge in [-0.1, -0.05) is 26.8 Å². The van der Waals surface area contributed by atoms with E-state index in [4.69, 9.17) is 4.74 Å². The summed E-state index contributed by atoms with van der Waals surface area (Å²) in [6.07, 6.45) is 0.896. The van der Waals surface area contributed by atoms with Crippen LogP contribution in [0.1, 0.15) is 32.8 Å². The summed E-state index contributed by atoms with van der Waals surface area (Å²) >= 11 is 0. The Hall–Kier alpha value is -1.05. The van der Waals surface area contributed by atoms with Crippen LogP contribution in [0.3, 0.4) is 0 Å². The Morgan fingerprint density at radius 3 is 2.50 bits per heavy atom. The van der Waals surface area contributed by atoms with Crippen molar-refractivity contribution in [1.82, 2.24) is 0 Å². The molecule has 0 saturated carbocycles. The van der Waals surface area contributed by atoms with Crippen LogP contribution >= 0.6 is 0 Å². The smallest absolute Gasteiger partial charge is 0.165 e. The summed E-state index contributed by atoms with van der Waals surface area (Å²) < 4.78 is 18.2. The van der Waals surface area contributed by atoms with Crippen LogP contribution in [-0.2, 0) is 0 Å². The fraction of sp³-hybridized carbons (Fsp3) is 0.500. The lowest BCUT2D eigenvalue weighted by molar-refractivity contribution is 0.301. The molecule has 0 atom stereocenters. The van der Waals surface area contributed by atoms with Gasteiger partial charge in [-0.15, -0.1) is 0 Å². The normalized spacial score (nSPS) is 8.93. The van der Waals surface area contributed by atoms with Gasteiger partial charge in [0.1, 0.15) is 0 Å². The van der Waals surface area contributed by atoms with E-state index in [1.807, 2.05) is 27.7 Å². The van der Waals surface area contributed by atoms with Gasteiger partial charge < -0.3 is 4.74 Å². The molecule has 0 saturated heterocycles. The van der Waals surface area contributed by atoms with Crippen molar-refractivity contribution in [2.45, 2.75) is 34.1 Å². The predicted molar refractivity (Wildman–Crippen MR) is 58.3 cm³/mol. The van der Waals surface area contributed by atoms with E-state index in [2.05, 4.69) is 0 Å². The van der Waals surface area contributed by atoms with Crippen LogP contribution < -0.4 is 4.74 Å². The van der Waals surface area contributed by atoms with Crippen molar-refractivity contribution in [3.63, 3.8) is 0 Å². The average Bonchev–Trinajstić information content (AvgIpc) is 2.22. The number of hydrogen-bond donors (Lipinski definition) is 0. The Balaban J connectivity index is 0.000000791. The molecule has 0 radical (unpaired) electrons. The first-order valence-electron chi connectivity index (χ1n) is 5.13. The summed E-state index contributed by atoms with van der Waals surface area (Å²) in [4.78, 5) is 0. The van der Waals surface area contributed by atoms with Crippen LogP contribution in [0.25, 0.3) is 0 Å². The fourth-order valence-corrected chi connectivity index (χ4v) is 0.933. The summed E-state index contributed by atoms with van der Waals surface area (Å²) in [5.41, 5.74) is 1.02. The maximum atomic E-state index is 13.0. The molecule has 14 heavy (non-hydrogen) atoms. The minimum atomic E-state index is -0.283. The third kappa shape index (κ3) is 4.26. The zero-order chi connectivity index (χ0) is 11.0. The van der Waals surface area contributed by atoms with Crippen molar-refractivity contribution < 1.29 is 9.13 Å². The molecule has 1 aromatic rings. The van der Waals surface area contributed by atoms with E-state index in [1.165, 1.54) is 6.07 Å². The van der Waals surface area contributed by atoms with Crippen LogP contribution in [0.2, 0.25) is 0 Å². The number of hydrogen-bond acceptors (Lipinski definition) is 1. The van der Waals surface area contributed by atoms with Crippen LogP contribution in [0.5, 0.6) is 5.75 Å². The van der Waals surface area contributed by atoms with Crippen LogP contribution in [0, 0.1) is 12.7 Å². The maximum absolute atomic E-state index is 13.0. The SMILES string of the molecule is CC.CCCOc1cc(C)ccc1F. The van der Waals surface area contributed by atoms with Crippen molar-refractivity contribution in [3.05, 3.63) is 29.6 Å². The zero-order valence-electron chi connectivity index (χ0n) is 9.43. The van der Waals surface area contributed by atoms with E-state index in [9.17, 15) is 4.39 Å². The lowest BCUT2D eigenvalue weighted by Crippen LogP contribution is -1.97. The molecule has 1 rings (SSSR count). The highest BCUT2D eigenvalue weighted by Crippen LogP contribution is 2.18. The molecule has 0 spiro atoms. The molecular weight excluding hydrogens is 179 g/mol. The minimum Gasteiger partial charge on any atom is -0.491 e. The van der Waals surface area contributed by atoms with Crippen LogP contribution in [-0.4, -0.2) is 6.61 Å². The van der Waals surface area contributed by atoms with Gasteiger partial charge in [0.05, 0.1) is 6.61 Å². The molecule has 0 aliphatic heterocycles. The van der Waals surface area contributed by atoms with Gasteiger partial charge in [-0.25, -0.2) is 4.39 Å². The van der Waals surface area contributed by atoms with Gasteiger partial charge in [0.25, 0.3) is 0 Å². The van der Waals surface area contributed by atoms with E-state index in [-0.39, 0.29) is 5.82 Å². The van der Waals surface area contributed by atoms with Crippen molar-refractivity contribution in [2.24, 2.45) is 0 Å². The fourth-order valence-electron chi connectivity index (χ4n) is 0.933. The molecule has 0 bridgehead atoms. The lowest BCUT2D eigenvalue weighted by atomic mass is 10.2. The summed E-state index contributed by atoms with van der Waals surface area (Å²) in [5, 5.41) is 0. The molecule has 0 amide bonds. The Bertz CT molecular complexity index is 258. The van der Waals surface area contributed by atoms with Crippen molar-refractivity contribution >= 4 is 0 Å². The highest BCUT2D eigenvalue weighted by atomic mass is 19.1. The predicted octanol–water partition coefficient (Wildman–Crippen LogP) is 3.95. The number of aryl methyl sites for hydroxylation is 1. The first kappa shape index (κ1) is 12.9. The molecular formula is C12H19FO. The lowest BCUT2D eigenvalue weighted by Gasteiger charge is -2.05. The quantitative estimate of drug-likeness (QED) is 0.714. The monoisotopic (exact) mass is 198 g/mol. The molecule has 0 fully saturated rings. The summed E-state index contributed by atoms with van der Waals surface area (Å²) in [5.74, 6) is 0.0749. The van der Waals surface area contributed by atoms with E-state index in [1.54, 1.807) is 12.1 Å². The molecule has 0 aliphatic carbocycles. The zero-order valence-corrected chi connectivity index (χ0v) is 9.43. The van der Waals surface area contributed by atoms with E-state index >= 15 is 0 Å². The molecule has 0 unspecified atom stereocenters. The maximum Gasteiger partial charge on any atom is 0.165 e. The first-order chi connectivity index (χ1) is 6.74. The average molecular weight is 198 g/mol. The van der Waals surface area contributed by atoms with Crippen molar-refractivity contribution in [2.75, 3.05) is 6.61 Å². The second-order valence-corrected chi connectivity index (χ2v) is 2.78. The van der Waals surface area contributed by atoms with Gasteiger partial charge in [0, 0.05) is 0 Å². The summed E-state index contributed by atoms with van der Waals surface area (Å²) in [6.45, 7) is 8.48. The minimum absolute atomic E-state index is 0.283. The van der Waals surface area contributed by atoms with Gasteiger partial charge in [-0.05, 0) is 31.0 Å². The Morgan fingerprint density at radius 2 is 1.93 bits per heavy atom. The molecule has 0 heterocycles. The van der Waals surface area contributed by atoms with Gasteiger partial charge >= 0.3 is 0 Å². The molecule has 0 aromatic heterocycles. The van der Waals surface area contributed by atoms with E-state index in [0.717, 1.165) is 12.0 Å². The second kappa shape index (κ2) is 7.36. The van der Waals surface area contributed by atoms with Crippen LogP contribution in [0.15, 0.2) is 18.2 Å². The van der Waals surface area contributed by atoms with Gasteiger partial charge in [0.15, 0.2) is 11.6 Å². The Kier molecular flexibility index (Phi) is 6.81. The summed E-state index contributed by atoms with van der Waals surface area (Å²) in [7, 11) is 0. The largest absolute Gasteiger partial charge is 0.491 e. The van der Waals surface area contributed by atoms with Gasteiger partial charge in [-0.3, -0.25) is 0 Å². The highest BCUT2D eigenvalue weighted by Gasteiger charge is 2.01. The number of halogens is 1. The molecule has 80 valence electrons. The third-order valence-electron chi connectivity index (χ3n) is 1.55. The molecule has 2 heteroatoms. The third-order valence-corrected chi connectivity index (χ3v) is 1.55.